The van der Waals surface area contributed by atoms with Crippen molar-refractivity contribution in [2.75, 3.05) is 20.8 Å². The highest BCUT2D eigenvalue weighted by atomic mass is 16.5. The molecule has 2 aromatic carbocycles. The number of hydrogen-bond donors (Lipinski definition) is 2. The van der Waals surface area contributed by atoms with E-state index in [1.165, 1.54) is 0 Å². The van der Waals surface area contributed by atoms with Crippen LogP contribution in [0.4, 0.5) is 0 Å². The number of nitrogens with one attached hydrogen (secondary N) is 1. The highest BCUT2D eigenvalue weighted by Gasteiger charge is 2.21. The second-order valence-electron chi connectivity index (χ2n) is 6.31. The fourth-order valence-electron chi connectivity index (χ4n) is 3.03. The molecule has 0 aliphatic rings. The molecule has 28 heavy (non-hydrogen) atoms. The number of nitrogens with two attached hydrogens (primary N) is 1. The van der Waals surface area contributed by atoms with Crippen LogP contribution in [0.1, 0.15) is 22.9 Å². The molecule has 0 spiro atoms. The van der Waals surface area contributed by atoms with E-state index >= 15 is 0 Å². The maximum Gasteiger partial charge on any atom is 0.275 e. The summed E-state index contributed by atoms with van der Waals surface area (Å²) >= 11 is 0. The molecule has 0 unspecified atom stereocenters. The van der Waals surface area contributed by atoms with Crippen molar-refractivity contribution in [3.05, 3.63) is 83.8 Å². The zero-order chi connectivity index (χ0) is 19.8. The fraction of sp³-hybridized carbons (Fsp3) is 0.227. The smallest absolute Gasteiger partial charge is 0.275 e. The van der Waals surface area contributed by atoms with Crippen molar-refractivity contribution >= 4 is 5.91 Å². The Bertz CT molecular complexity index is 879. The van der Waals surface area contributed by atoms with Gasteiger partial charge in [0.05, 0.1) is 20.5 Å². The predicted octanol–water partition coefficient (Wildman–Crippen LogP) is 2.27. The van der Waals surface area contributed by atoms with Crippen LogP contribution in [0.5, 0.6) is 11.5 Å². The van der Waals surface area contributed by atoms with Crippen LogP contribution in [-0.4, -0.2) is 26.7 Å². The number of amides is 1. The van der Waals surface area contributed by atoms with Gasteiger partial charge in [0.1, 0.15) is 0 Å². The average Bonchev–Trinajstić information content (AvgIpc) is 3.27. The number of quaternary nitrogens is 1. The topological polar surface area (TPSA) is 77.3 Å². The Morgan fingerprint density at radius 3 is 2.50 bits per heavy atom. The molecule has 1 heterocycles. The lowest BCUT2D eigenvalue weighted by molar-refractivity contribution is -0.678. The summed E-state index contributed by atoms with van der Waals surface area (Å²) in [7, 11) is 3.19. The van der Waals surface area contributed by atoms with Gasteiger partial charge in [0.25, 0.3) is 5.91 Å². The van der Waals surface area contributed by atoms with Crippen LogP contribution in [0.15, 0.2) is 71.3 Å². The molecule has 1 aromatic heterocycles. The summed E-state index contributed by atoms with van der Waals surface area (Å²) in [5, 5.41) is 4.91. The minimum atomic E-state index is -0.0666. The van der Waals surface area contributed by atoms with Crippen LogP contribution in [-0.2, 0) is 11.3 Å². The first kappa shape index (κ1) is 19.5. The summed E-state index contributed by atoms with van der Waals surface area (Å²) in [6, 6.07) is 19.3. The van der Waals surface area contributed by atoms with Gasteiger partial charge in [-0.1, -0.05) is 36.4 Å². The number of methoxy groups -OCH3 is 2. The third-order valence-electron chi connectivity index (χ3n) is 4.48. The van der Waals surface area contributed by atoms with Gasteiger partial charge >= 0.3 is 0 Å². The van der Waals surface area contributed by atoms with Crippen molar-refractivity contribution < 1.29 is 24.0 Å². The molecule has 0 aliphatic heterocycles. The lowest BCUT2D eigenvalue weighted by Crippen LogP contribution is -2.87. The fourth-order valence-corrected chi connectivity index (χ4v) is 3.03. The van der Waals surface area contributed by atoms with Crippen LogP contribution < -0.4 is 20.1 Å². The number of carbonyl (C=O) groups is 1. The first-order valence-electron chi connectivity index (χ1n) is 9.10. The molecule has 146 valence electrons. The zero-order valence-corrected chi connectivity index (χ0v) is 16.1. The van der Waals surface area contributed by atoms with Crippen molar-refractivity contribution in [2.24, 2.45) is 0 Å². The maximum atomic E-state index is 12.4. The lowest BCUT2D eigenvalue weighted by atomic mass is 10.0. The zero-order valence-electron chi connectivity index (χ0n) is 16.1. The Labute approximate surface area is 164 Å². The van der Waals surface area contributed by atoms with Crippen LogP contribution in [0.3, 0.4) is 0 Å². The molecular formula is C22H25N2O4+. The van der Waals surface area contributed by atoms with E-state index in [4.69, 9.17) is 13.9 Å². The molecule has 3 aromatic rings. The first-order valence-corrected chi connectivity index (χ1v) is 9.10. The van der Waals surface area contributed by atoms with Gasteiger partial charge < -0.3 is 24.5 Å². The summed E-state index contributed by atoms with van der Waals surface area (Å²) < 4.78 is 16.1. The van der Waals surface area contributed by atoms with Gasteiger partial charge in [-0.3, -0.25) is 4.79 Å². The standard InChI is InChI=1S/C22H24N2O4/c1-26-18-11-10-16(13-20(18)27-2)14-23-21(25)15-24-22(19-9-6-12-28-19)17-7-4-3-5-8-17/h3-13,22,24H,14-15H2,1-2H3,(H,23,25)/p+1/t22-/m0/s1. The summed E-state index contributed by atoms with van der Waals surface area (Å²) in [6.07, 6.45) is 1.65. The van der Waals surface area contributed by atoms with E-state index in [1.807, 2.05) is 66.0 Å². The predicted molar refractivity (Wildman–Crippen MR) is 105 cm³/mol. The molecule has 0 radical (unpaired) electrons. The van der Waals surface area contributed by atoms with E-state index in [-0.39, 0.29) is 18.5 Å². The molecule has 1 atom stereocenters. The molecule has 3 rings (SSSR count). The molecule has 1 amide bonds. The Kier molecular flexibility index (Phi) is 6.70. The average molecular weight is 381 g/mol. The summed E-state index contributed by atoms with van der Waals surface area (Å²) in [5.74, 6) is 2.07. The van der Waals surface area contributed by atoms with E-state index in [2.05, 4.69) is 5.32 Å². The second kappa shape index (κ2) is 9.62. The molecule has 0 aliphatic carbocycles. The number of rotatable bonds is 9. The van der Waals surface area contributed by atoms with Crippen LogP contribution in [0, 0.1) is 0 Å². The second-order valence-corrected chi connectivity index (χ2v) is 6.31. The minimum absolute atomic E-state index is 0.0535. The SMILES string of the molecule is COc1ccc(CNC(=O)C[NH2+][C@@H](c2ccccc2)c2ccco2)cc1OC. The quantitative estimate of drug-likeness (QED) is 0.596. The van der Waals surface area contributed by atoms with Gasteiger partial charge in [-0.25, -0.2) is 0 Å². The molecule has 0 bridgehead atoms. The highest BCUT2D eigenvalue weighted by Crippen LogP contribution is 2.27. The summed E-state index contributed by atoms with van der Waals surface area (Å²) in [4.78, 5) is 12.4. The number of ether oxygens (including phenoxy) is 2. The third kappa shape index (κ3) is 4.92. The largest absolute Gasteiger partial charge is 0.493 e. The van der Waals surface area contributed by atoms with Crippen LogP contribution >= 0.6 is 0 Å². The Hall–Kier alpha value is -3.25. The minimum Gasteiger partial charge on any atom is -0.493 e. The molecule has 0 saturated heterocycles. The van der Waals surface area contributed by atoms with Crippen molar-refractivity contribution in [2.45, 2.75) is 12.6 Å². The van der Waals surface area contributed by atoms with Crippen LogP contribution in [0.2, 0.25) is 0 Å². The molecule has 0 saturated carbocycles. The number of carbonyl (C=O) groups excluding carboxylic acids is 1. The third-order valence-corrected chi connectivity index (χ3v) is 4.48. The Morgan fingerprint density at radius 1 is 1.04 bits per heavy atom. The molecular weight excluding hydrogens is 356 g/mol. The number of benzene rings is 2. The normalized spacial score (nSPS) is 11.6. The Balaban J connectivity index is 1.58. The van der Waals surface area contributed by atoms with Gasteiger partial charge in [-0.15, -0.1) is 0 Å². The van der Waals surface area contributed by atoms with Gasteiger partial charge in [-0.2, -0.15) is 0 Å². The van der Waals surface area contributed by atoms with Crippen molar-refractivity contribution in [3.8, 4) is 11.5 Å². The van der Waals surface area contributed by atoms with Crippen molar-refractivity contribution in [1.82, 2.24) is 5.32 Å². The monoisotopic (exact) mass is 381 g/mol. The summed E-state index contributed by atoms with van der Waals surface area (Å²) in [5.41, 5.74) is 2.03. The van der Waals surface area contributed by atoms with Crippen molar-refractivity contribution in [3.63, 3.8) is 0 Å². The Morgan fingerprint density at radius 2 is 1.82 bits per heavy atom. The lowest BCUT2D eigenvalue weighted by Gasteiger charge is -2.14. The molecule has 6 nitrogen and oxygen atoms in total. The van der Waals surface area contributed by atoms with E-state index in [0.29, 0.717) is 18.0 Å². The van der Waals surface area contributed by atoms with Gasteiger partial charge in [0, 0.05) is 12.1 Å². The van der Waals surface area contributed by atoms with E-state index < -0.39 is 0 Å². The summed E-state index contributed by atoms with van der Waals surface area (Å²) in [6.45, 7) is 0.706. The first-order chi connectivity index (χ1) is 13.7. The van der Waals surface area contributed by atoms with E-state index in [1.54, 1.807) is 20.5 Å². The van der Waals surface area contributed by atoms with E-state index in [9.17, 15) is 4.79 Å². The van der Waals surface area contributed by atoms with Gasteiger partial charge in [0.2, 0.25) is 0 Å². The van der Waals surface area contributed by atoms with Crippen molar-refractivity contribution in [1.29, 1.82) is 0 Å². The molecule has 0 fully saturated rings. The highest BCUT2D eigenvalue weighted by molar-refractivity contribution is 5.76. The number of furan rings is 1. The molecule has 6 heteroatoms. The maximum absolute atomic E-state index is 12.4. The number of hydrogen-bond acceptors (Lipinski definition) is 4. The van der Waals surface area contributed by atoms with Gasteiger partial charge in [0.15, 0.2) is 29.8 Å². The molecule has 3 N–H and O–H groups in total. The van der Waals surface area contributed by atoms with Gasteiger partial charge in [-0.05, 0) is 29.8 Å². The van der Waals surface area contributed by atoms with E-state index in [0.717, 1.165) is 16.9 Å². The van der Waals surface area contributed by atoms with Crippen LogP contribution in [0.25, 0.3) is 0 Å².